The van der Waals surface area contributed by atoms with Gasteiger partial charge in [0.15, 0.2) is 17.4 Å². The van der Waals surface area contributed by atoms with Gasteiger partial charge in [-0.25, -0.2) is 8.78 Å². The molecule has 2 aliphatic carbocycles. The quantitative estimate of drug-likeness (QED) is 0.499. The lowest BCUT2D eigenvalue weighted by molar-refractivity contribution is 0.124. The van der Waals surface area contributed by atoms with Crippen LogP contribution in [0.15, 0.2) is 36.4 Å². The summed E-state index contributed by atoms with van der Waals surface area (Å²) in [5.74, 6) is 1.57. The van der Waals surface area contributed by atoms with Crippen LogP contribution in [0.4, 0.5) is 8.78 Å². The maximum atomic E-state index is 14.8. The first-order valence-corrected chi connectivity index (χ1v) is 10.7. The summed E-state index contributed by atoms with van der Waals surface area (Å²) in [4.78, 5) is 0. The molecule has 28 heavy (non-hydrogen) atoms. The third kappa shape index (κ3) is 3.81. The number of rotatable bonds is 4. The SMILES string of the molecule is C/C=C/COc1c(F)cc2cc([C@@H]3CC[C@@H]4CC(C)CCC4C3)ccc2c1F. The highest BCUT2D eigenvalue weighted by atomic mass is 19.1. The third-order valence-corrected chi connectivity index (χ3v) is 6.92. The zero-order chi connectivity index (χ0) is 19.7. The lowest BCUT2D eigenvalue weighted by Crippen LogP contribution is -2.29. The molecule has 1 nitrogen and oxygen atoms in total. The topological polar surface area (TPSA) is 9.23 Å². The molecule has 2 aliphatic rings. The molecule has 0 aromatic heterocycles. The second kappa shape index (κ2) is 8.23. The van der Waals surface area contributed by atoms with E-state index in [1.54, 1.807) is 18.2 Å². The van der Waals surface area contributed by atoms with Crippen LogP contribution in [0.3, 0.4) is 0 Å². The normalized spacial score (nSPS) is 27.9. The summed E-state index contributed by atoms with van der Waals surface area (Å²) < 4.78 is 34.5. The maximum absolute atomic E-state index is 14.8. The van der Waals surface area contributed by atoms with Crippen molar-refractivity contribution in [2.75, 3.05) is 6.61 Å². The molecule has 0 N–H and O–H groups in total. The molecule has 150 valence electrons. The van der Waals surface area contributed by atoms with E-state index < -0.39 is 11.6 Å². The predicted molar refractivity (Wildman–Crippen MR) is 111 cm³/mol. The zero-order valence-corrected chi connectivity index (χ0v) is 16.9. The van der Waals surface area contributed by atoms with Gasteiger partial charge in [-0.3, -0.25) is 0 Å². The van der Waals surface area contributed by atoms with Gasteiger partial charge in [-0.1, -0.05) is 43.7 Å². The monoisotopic (exact) mass is 384 g/mol. The molecular formula is C25H30F2O. The van der Waals surface area contributed by atoms with Crippen molar-refractivity contribution in [3.8, 4) is 5.75 Å². The van der Waals surface area contributed by atoms with Gasteiger partial charge < -0.3 is 4.74 Å². The molecule has 2 aromatic rings. The molecule has 2 unspecified atom stereocenters. The molecule has 0 bridgehead atoms. The van der Waals surface area contributed by atoms with Crippen molar-refractivity contribution >= 4 is 10.8 Å². The fourth-order valence-corrected chi connectivity index (χ4v) is 5.37. The maximum Gasteiger partial charge on any atom is 0.191 e. The number of hydrogen-bond acceptors (Lipinski definition) is 1. The average Bonchev–Trinajstić information content (AvgIpc) is 2.69. The summed E-state index contributed by atoms with van der Waals surface area (Å²) in [5, 5.41) is 1.06. The highest BCUT2D eigenvalue weighted by Crippen LogP contribution is 2.47. The van der Waals surface area contributed by atoms with E-state index in [0.29, 0.717) is 16.7 Å². The number of benzene rings is 2. The highest BCUT2D eigenvalue weighted by Gasteiger charge is 2.34. The molecule has 2 fully saturated rings. The Morgan fingerprint density at radius 1 is 1.04 bits per heavy atom. The summed E-state index contributed by atoms with van der Waals surface area (Å²) in [6, 6.07) is 7.25. The molecule has 0 saturated heterocycles. The van der Waals surface area contributed by atoms with Crippen LogP contribution in [0.25, 0.3) is 10.8 Å². The van der Waals surface area contributed by atoms with E-state index in [-0.39, 0.29) is 12.4 Å². The second-order valence-corrected chi connectivity index (χ2v) is 8.81. The Bertz CT molecular complexity index is 872. The van der Waals surface area contributed by atoms with Crippen LogP contribution >= 0.6 is 0 Å². The van der Waals surface area contributed by atoms with Gasteiger partial charge in [-0.05, 0) is 79.7 Å². The van der Waals surface area contributed by atoms with Crippen LogP contribution in [0.2, 0.25) is 0 Å². The van der Waals surface area contributed by atoms with E-state index in [1.165, 1.54) is 50.2 Å². The fourth-order valence-electron chi connectivity index (χ4n) is 5.37. The summed E-state index contributed by atoms with van der Waals surface area (Å²) >= 11 is 0. The molecule has 0 aliphatic heterocycles. The predicted octanol–water partition coefficient (Wildman–Crippen LogP) is 7.39. The van der Waals surface area contributed by atoms with E-state index in [4.69, 9.17) is 4.74 Å². The first-order chi connectivity index (χ1) is 13.6. The molecule has 4 rings (SSSR count). The zero-order valence-electron chi connectivity index (χ0n) is 16.9. The Kier molecular flexibility index (Phi) is 5.70. The van der Waals surface area contributed by atoms with Crippen molar-refractivity contribution in [3.63, 3.8) is 0 Å². The van der Waals surface area contributed by atoms with Gasteiger partial charge in [0.25, 0.3) is 0 Å². The highest BCUT2D eigenvalue weighted by molar-refractivity contribution is 5.85. The van der Waals surface area contributed by atoms with Crippen LogP contribution < -0.4 is 4.74 Å². The Labute approximate surface area is 166 Å². The summed E-state index contributed by atoms with van der Waals surface area (Å²) in [6.45, 7) is 4.39. The van der Waals surface area contributed by atoms with E-state index in [9.17, 15) is 8.78 Å². The van der Waals surface area contributed by atoms with Crippen LogP contribution in [-0.2, 0) is 0 Å². The minimum absolute atomic E-state index is 0.164. The molecule has 0 heterocycles. The van der Waals surface area contributed by atoms with Gasteiger partial charge >= 0.3 is 0 Å². The van der Waals surface area contributed by atoms with Crippen LogP contribution in [0.1, 0.15) is 63.9 Å². The molecule has 2 saturated carbocycles. The summed E-state index contributed by atoms with van der Waals surface area (Å²) in [7, 11) is 0. The first kappa shape index (κ1) is 19.4. The fraction of sp³-hybridized carbons (Fsp3) is 0.520. The number of ether oxygens (including phenoxy) is 1. The van der Waals surface area contributed by atoms with Gasteiger partial charge in [-0.2, -0.15) is 0 Å². The lowest BCUT2D eigenvalue weighted by Gasteiger charge is -2.41. The van der Waals surface area contributed by atoms with E-state index in [0.717, 1.165) is 17.8 Å². The van der Waals surface area contributed by atoms with Crippen molar-refractivity contribution in [3.05, 3.63) is 53.6 Å². The van der Waals surface area contributed by atoms with Crippen molar-refractivity contribution < 1.29 is 13.5 Å². The molecule has 4 atom stereocenters. The van der Waals surface area contributed by atoms with Crippen LogP contribution in [0, 0.1) is 29.4 Å². The van der Waals surface area contributed by atoms with Gasteiger partial charge in [0.2, 0.25) is 0 Å². The standard InChI is InChI=1S/C25H30F2O/c1-3-4-11-28-25-23(26)15-21-14-20(9-10-22(21)24(25)27)19-8-7-17-12-16(2)5-6-18(17)13-19/h3-4,9-10,14-19H,5-8,11-13H2,1-2H3/b4-3+/t16?,17-,18?,19-/m1/s1. The minimum Gasteiger partial charge on any atom is -0.483 e. The Morgan fingerprint density at radius 3 is 2.64 bits per heavy atom. The van der Waals surface area contributed by atoms with E-state index in [2.05, 4.69) is 6.92 Å². The Hall–Kier alpha value is -1.90. The first-order valence-electron chi connectivity index (χ1n) is 10.7. The van der Waals surface area contributed by atoms with Gasteiger partial charge in [0, 0.05) is 5.39 Å². The summed E-state index contributed by atoms with van der Waals surface area (Å²) in [5.41, 5.74) is 1.23. The van der Waals surface area contributed by atoms with Gasteiger partial charge in [0.05, 0.1) is 0 Å². The molecule has 0 amide bonds. The lowest BCUT2D eigenvalue weighted by atomic mass is 9.64. The van der Waals surface area contributed by atoms with Gasteiger partial charge in [-0.15, -0.1) is 0 Å². The molecule has 0 radical (unpaired) electrons. The van der Waals surface area contributed by atoms with Crippen LogP contribution in [0.5, 0.6) is 5.75 Å². The number of allylic oxidation sites excluding steroid dienone is 1. The molecular weight excluding hydrogens is 354 g/mol. The number of fused-ring (bicyclic) bond motifs is 2. The smallest absolute Gasteiger partial charge is 0.191 e. The molecule has 0 spiro atoms. The molecule has 2 aromatic carbocycles. The molecule has 3 heteroatoms. The minimum atomic E-state index is -0.628. The van der Waals surface area contributed by atoms with E-state index >= 15 is 0 Å². The van der Waals surface area contributed by atoms with Gasteiger partial charge in [0.1, 0.15) is 6.61 Å². The van der Waals surface area contributed by atoms with E-state index in [1.807, 2.05) is 19.1 Å². The Balaban J connectivity index is 1.57. The number of halogens is 2. The Morgan fingerprint density at radius 2 is 1.82 bits per heavy atom. The summed E-state index contributed by atoms with van der Waals surface area (Å²) in [6.07, 6.45) is 11.3. The third-order valence-electron chi connectivity index (χ3n) is 6.92. The van der Waals surface area contributed by atoms with Crippen molar-refractivity contribution in [2.45, 2.75) is 58.3 Å². The number of hydrogen-bond donors (Lipinski definition) is 0. The second-order valence-electron chi connectivity index (χ2n) is 8.81. The van der Waals surface area contributed by atoms with Crippen LogP contribution in [-0.4, -0.2) is 6.61 Å². The van der Waals surface area contributed by atoms with Crippen molar-refractivity contribution in [1.82, 2.24) is 0 Å². The van der Waals surface area contributed by atoms with Crippen molar-refractivity contribution in [2.24, 2.45) is 17.8 Å². The average molecular weight is 385 g/mol. The largest absolute Gasteiger partial charge is 0.483 e. The van der Waals surface area contributed by atoms with Crippen molar-refractivity contribution in [1.29, 1.82) is 0 Å².